The van der Waals surface area contributed by atoms with Crippen LogP contribution in [-0.4, -0.2) is 19.5 Å². The number of allylic oxidation sites excluding steroid dienone is 2. The van der Waals surface area contributed by atoms with Gasteiger partial charge in [-0.05, 0) is 44.2 Å². The Morgan fingerprint density at radius 3 is 2.60 bits per heavy atom. The summed E-state index contributed by atoms with van der Waals surface area (Å²) in [6.07, 6.45) is 3.71. The molecule has 25 heavy (non-hydrogen) atoms. The number of methoxy groups -OCH3 is 1. The zero-order valence-corrected chi connectivity index (χ0v) is 14.5. The highest BCUT2D eigenvalue weighted by atomic mass is 16.5. The predicted octanol–water partition coefficient (Wildman–Crippen LogP) is 4.66. The number of carbonyl (C=O) groups is 1. The molecule has 0 aromatic heterocycles. The van der Waals surface area contributed by atoms with E-state index in [0.717, 1.165) is 5.56 Å². The summed E-state index contributed by atoms with van der Waals surface area (Å²) in [5.41, 5.74) is 2.49. The van der Waals surface area contributed by atoms with Crippen molar-refractivity contribution in [2.75, 3.05) is 13.7 Å². The van der Waals surface area contributed by atoms with Crippen LogP contribution >= 0.6 is 0 Å². The van der Waals surface area contributed by atoms with E-state index >= 15 is 0 Å². The third-order valence-electron chi connectivity index (χ3n) is 3.82. The Hall–Kier alpha value is -3.01. The van der Waals surface area contributed by atoms with Crippen LogP contribution in [-0.2, 0) is 0 Å². The number of carbonyl (C=O) groups excluding carboxylic acids is 1. The Balaban J connectivity index is 1.90. The van der Waals surface area contributed by atoms with Crippen LogP contribution in [0.5, 0.6) is 17.2 Å². The van der Waals surface area contributed by atoms with Crippen LogP contribution < -0.4 is 14.2 Å². The van der Waals surface area contributed by atoms with Crippen LogP contribution in [0.15, 0.2) is 59.9 Å². The van der Waals surface area contributed by atoms with Gasteiger partial charge in [-0.1, -0.05) is 29.8 Å². The fourth-order valence-electron chi connectivity index (χ4n) is 2.52. The van der Waals surface area contributed by atoms with Crippen molar-refractivity contribution < 1.29 is 19.0 Å². The van der Waals surface area contributed by atoms with Crippen molar-refractivity contribution in [3.8, 4) is 17.2 Å². The summed E-state index contributed by atoms with van der Waals surface area (Å²) in [5, 5.41) is 0. The highest BCUT2D eigenvalue weighted by molar-refractivity contribution is 6.15. The average molecular weight is 336 g/mol. The molecule has 4 heteroatoms. The van der Waals surface area contributed by atoms with Gasteiger partial charge in [-0.2, -0.15) is 0 Å². The summed E-state index contributed by atoms with van der Waals surface area (Å²) in [4.78, 5) is 12.6. The van der Waals surface area contributed by atoms with Crippen LogP contribution in [0.2, 0.25) is 0 Å². The minimum atomic E-state index is -0.159. The Kier molecular flexibility index (Phi) is 4.89. The lowest BCUT2D eigenvalue weighted by molar-refractivity contribution is 0.101. The lowest BCUT2D eigenvalue weighted by atomic mass is 10.1. The standard InChI is InChI=1S/C21H20O4/c1-14(2)11-12-24-17-9-5-4-7-15(17)13-19-20(22)16-8-6-10-18(23-3)21(16)25-19/h4-11,13H,12H2,1-3H3/b19-13-. The van der Waals surface area contributed by atoms with Gasteiger partial charge in [-0.3, -0.25) is 4.79 Å². The van der Waals surface area contributed by atoms with Crippen LogP contribution in [0.4, 0.5) is 0 Å². The summed E-state index contributed by atoms with van der Waals surface area (Å²) in [5.74, 6) is 1.81. The second-order valence-corrected chi connectivity index (χ2v) is 5.91. The van der Waals surface area contributed by atoms with Crippen molar-refractivity contribution in [2.45, 2.75) is 13.8 Å². The third-order valence-corrected chi connectivity index (χ3v) is 3.82. The topological polar surface area (TPSA) is 44.8 Å². The maximum absolute atomic E-state index is 12.6. The first kappa shape index (κ1) is 16.8. The first-order valence-corrected chi connectivity index (χ1v) is 8.06. The van der Waals surface area contributed by atoms with Crippen molar-refractivity contribution in [2.24, 2.45) is 0 Å². The van der Waals surface area contributed by atoms with E-state index in [1.54, 1.807) is 31.4 Å². The van der Waals surface area contributed by atoms with Gasteiger partial charge in [0, 0.05) is 5.56 Å². The van der Waals surface area contributed by atoms with E-state index in [2.05, 4.69) is 0 Å². The summed E-state index contributed by atoms with van der Waals surface area (Å²) in [6, 6.07) is 12.8. The van der Waals surface area contributed by atoms with Gasteiger partial charge < -0.3 is 14.2 Å². The summed E-state index contributed by atoms with van der Waals surface area (Å²) in [7, 11) is 1.55. The molecule has 0 saturated carbocycles. The normalized spacial score (nSPS) is 14.0. The third kappa shape index (κ3) is 3.58. The van der Waals surface area contributed by atoms with Crippen LogP contribution in [0.1, 0.15) is 29.8 Å². The number of fused-ring (bicyclic) bond motifs is 1. The Bertz CT molecular complexity index is 858. The summed E-state index contributed by atoms with van der Waals surface area (Å²) < 4.78 is 16.8. The van der Waals surface area contributed by atoms with Crippen LogP contribution in [0, 0.1) is 0 Å². The van der Waals surface area contributed by atoms with Gasteiger partial charge in [-0.25, -0.2) is 0 Å². The Morgan fingerprint density at radius 1 is 1.08 bits per heavy atom. The molecule has 0 N–H and O–H groups in total. The molecule has 0 atom stereocenters. The van der Waals surface area contributed by atoms with E-state index in [1.807, 2.05) is 44.2 Å². The molecule has 0 radical (unpaired) electrons. The van der Waals surface area contributed by atoms with Crippen molar-refractivity contribution in [3.63, 3.8) is 0 Å². The molecule has 0 amide bonds. The van der Waals surface area contributed by atoms with Crippen LogP contribution in [0.25, 0.3) is 6.08 Å². The molecule has 1 aliphatic rings. The number of benzene rings is 2. The summed E-state index contributed by atoms with van der Waals surface area (Å²) >= 11 is 0. The van der Waals surface area contributed by atoms with E-state index < -0.39 is 0 Å². The van der Waals surface area contributed by atoms with Gasteiger partial charge in [0.1, 0.15) is 12.4 Å². The number of Topliss-reactive ketones (excluding diaryl/α,β-unsaturated/α-hetero) is 1. The van der Waals surface area contributed by atoms with Gasteiger partial charge >= 0.3 is 0 Å². The lowest BCUT2D eigenvalue weighted by Crippen LogP contribution is -2.00. The maximum atomic E-state index is 12.6. The molecule has 0 saturated heterocycles. The largest absolute Gasteiger partial charge is 0.493 e. The minimum Gasteiger partial charge on any atom is -0.493 e. The van der Waals surface area contributed by atoms with Crippen molar-refractivity contribution in [1.82, 2.24) is 0 Å². The molecule has 3 rings (SSSR count). The second-order valence-electron chi connectivity index (χ2n) is 5.91. The SMILES string of the molecule is COc1cccc2c1O/C(=C\c1ccccc1OCC=C(C)C)C2=O. The van der Waals surface area contributed by atoms with Crippen molar-refractivity contribution in [1.29, 1.82) is 0 Å². The zero-order chi connectivity index (χ0) is 17.8. The molecule has 1 heterocycles. The number of hydrogen-bond acceptors (Lipinski definition) is 4. The maximum Gasteiger partial charge on any atom is 0.232 e. The molecule has 2 aromatic rings. The van der Waals surface area contributed by atoms with Gasteiger partial charge in [-0.15, -0.1) is 0 Å². The van der Waals surface area contributed by atoms with E-state index in [1.165, 1.54) is 5.57 Å². The highest BCUT2D eigenvalue weighted by Gasteiger charge is 2.30. The lowest BCUT2D eigenvalue weighted by Gasteiger charge is -2.08. The van der Waals surface area contributed by atoms with Gasteiger partial charge in [0.05, 0.1) is 12.7 Å². The van der Waals surface area contributed by atoms with Gasteiger partial charge in [0.2, 0.25) is 5.78 Å². The molecule has 128 valence electrons. The quantitative estimate of drug-likeness (QED) is 0.588. The average Bonchev–Trinajstić information content (AvgIpc) is 2.92. The van der Waals surface area contributed by atoms with E-state index in [4.69, 9.17) is 14.2 Å². The minimum absolute atomic E-state index is 0.159. The van der Waals surface area contributed by atoms with E-state index in [0.29, 0.717) is 29.4 Å². The molecule has 4 nitrogen and oxygen atoms in total. The number of ether oxygens (including phenoxy) is 3. The van der Waals surface area contributed by atoms with E-state index in [9.17, 15) is 4.79 Å². The number of para-hydroxylation sites is 2. The van der Waals surface area contributed by atoms with Crippen LogP contribution in [0.3, 0.4) is 0 Å². The number of hydrogen-bond donors (Lipinski definition) is 0. The molecule has 0 aliphatic carbocycles. The smallest absolute Gasteiger partial charge is 0.232 e. The number of ketones is 1. The van der Waals surface area contributed by atoms with E-state index in [-0.39, 0.29) is 11.5 Å². The molecule has 2 aromatic carbocycles. The highest BCUT2D eigenvalue weighted by Crippen LogP contribution is 2.39. The number of rotatable bonds is 5. The molecule has 0 bridgehead atoms. The zero-order valence-electron chi connectivity index (χ0n) is 14.5. The summed E-state index contributed by atoms with van der Waals surface area (Å²) in [6.45, 7) is 4.52. The Labute approximate surface area is 147 Å². The Morgan fingerprint density at radius 2 is 1.84 bits per heavy atom. The van der Waals surface area contributed by atoms with Gasteiger partial charge in [0.15, 0.2) is 17.3 Å². The van der Waals surface area contributed by atoms with Crippen molar-refractivity contribution in [3.05, 3.63) is 71.0 Å². The fourth-order valence-corrected chi connectivity index (χ4v) is 2.52. The molecular formula is C21H20O4. The molecular weight excluding hydrogens is 316 g/mol. The predicted molar refractivity (Wildman–Crippen MR) is 97.3 cm³/mol. The fraction of sp³-hybridized carbons (Fsp3) is 0.190. The first-order chi connectivity index (χ1) is 12.1. The van der Waals surface area contributed by atoms with Gasteiger partial charge in [0.25, 0.3) is 0 Å². The molecule has 1 aliphatic heterocycles. The monoisotopic (exact) mass is 336 g/mol. The second kappa shape index (κ2) is 7.26. The molecule has 0 spiro atoms. The molecule has 0 fully saturated rings. The van der Waals surface area contributed by atoms with Crippen molar-refractivity contribution >= 4 is 11.9 Å². The first-order valence-electron chi connectivity index (χ1n) is 8.06. The molecule has 0 unspecified atom stereocenters.